The zero-order chi connectivity index (χ0) is 22.6. The van der Waals surface area contributed by atoms with Crippen molar-refractivity contribution >= 4 is 34.4 Å². The van der Waals surface area contributed by atoms with Crippen LogP contribution in [0.5, 0.6) is 0 Å². The van der Waals surface area contributed by atoms with Crippen LogP contribution in [-0.2, 0) is 4.79 Å². The van der Waals surface area contributed by atoms with Gasteiger partial charge in [-0.25, -0.2) is 14.4 Å². The van der Waals surface area contributed by atoms with Gasteiger partial charge in [-0.3, -0.25) is 9.89 Å². The summed E-state index contributed by atoms with van der Waals surface area (Å²) in [6.07, 6.45) is 5.03. The first-order valence-corrected chi connectivity index (χ1v) is 10.9. The van der Waals surface area contributed by atoms with E-state index in [4.69, 9.17) is 11.6 Å². The first-order chi connectivity index (χ1) is 15.4. The fraction of sp³-hybridized carbons (Fsp3) is 0.409. The third-order valence-electron chi connectivity index (χ3n) is 6.91. The molecule has 3 saturated carbocycles. The predicted molar refractivity (Wildman–Crippen MR) is 116 cm³/mol. The number of hydrogen-bond donors (Lipinski definition) is 3. The Kier molecular flexibility index (Phi) is 4.97. The molecule has 3 aromatic heterocycles. The molecule has 3 aromatic rings. The summed E-state index contributed by atoms with van der Waals surface area (Å²) in [5, 5.41) is 30.6. The van der Waals surface area contributed by atoms with Crippen LogP contribution in [0.15, 0.2) is 12.3 Å². The van der Waals surface area contributed by atoms with Crippen LogP contribution in [-0.4, -0.2) is 37.3 Å². The second-order valence-corrected chi connectivity index (χ2v) is 9.00. The van der Waals surface area contributed by atoms with Crippen LogP contribution in [0.25, 0.3) is 22.4 Å². The maximum absolute atomic E-state index is 15.3. The lowest BCUT2D eigenvalue weighted by Gasteiger charge is -2.47. The van der Waals surface area contributed by atoms with E-state index in [0.717, 1.165) is 25.7 Å². The number of carbonyl (C=O) groups is 1. The minimum atomic E-state index is -0.872. The SMILES string of the molecule is Cc1c(F)c(NC2C3CCC(CC3)C2C(=O)O)nc(-c2[nH]nc3ncc(Cl)cc23)c1C#N. The van der Waals surface area contributed by atoms with Gasteiger partial charge in [0.05, 0.1) is 22.2 Å². The molecule has 8 nitrogen and oxygen atoms in total. The van der Waals surface area contributed by atoms with E-state index < -0.39 is 23.7 Å². The highest BCUT2D eigenvalue weighted by Gasteiger charge is 2.47. The second-order valence-electron chi connectivity index (χ2n) is 8.57. The molecule has 2 bridgehead atoms. The first-order valence-electron chi connectivity index (χ1n) is 10.5. The molecule has 3 aliphatic rings. The number of carboxylic acids is 1. The molecule has 164 valence electrons. The Morgan fingerprint density at radius 3 is 2.75 bits per heavy atom. The van der Waals surface area contributed by atoms with E-state index in [-0.39, 0.29) is 34.5 Å². The maximum atomic E-state index is 15.3. The van der Waals surface area contributed by atoms with Crippen molar-refractivity contribution < 1.29 is 14.3 Å². The molecule has 0 amide bonds. The molecule has 0 aromatic carbocycles. The molecule has 3 fully saturated rings. The summed E-state index contributed by atoms with van der Waals surface area (Å²) in [7, 11) is 0. The van der Waals surface area contributed by atoms with Gasteiger partial charge in [-0.15, -0.1) is 0 Å². The summed E-state index contributed by atoms with van der Waals surface area (Å²) < 4.78 is 15.3. The van der Waals surface area contributed by atoms with Crippen molar-refractivity contribution in [3.05, 3.63) is 34.2 Å². The number of hydrogen-bond acceptors (Lipinski definition) is 6. The van der Waals surface area contributed by atoms with Gasteiger partial charge in [-0.1, -0.05) is 11.6 Å². The lowest BCUT2D eigenvalue weighted by atomic mass is 9.61. The summed E-state index contributed by atoms with van der Waals surface area (Å²) >= 11 is 6.09. The lowest BCUT2D eigenvalue weighted by Crippen LogP contribution is -2.51. The van der Waals surface area contributed by atoms with Gasteiger partial charge >= 0.3 is 5.97 Å². The number of anilines is 1. The van der Waals surface area contributed by atoms with Gasteiger partial charge in [0, 0.05) is 23.2 Å². The van der Waals surface area contributed by atoms with Crippen LogP contribution in [0.4, 0.5) is 10.2 Å². The molecular formula is C22H20ClFN6O2. The van der Waals surface area contributed by atoms with Gasteiger partial charge in [0.2, 0.25) is 0 Å². The number of halogens is 2. The Balaban J connectivity index is 1.63. The minimum absolute atomic E-state index is 0.0574. The third kappa shape index (κ3) is 3.17. The maximum Gasteiger partial charge on any atom is 0.308 e. The number of fused-ring (bicyclic) bond motifs is 4. The number of rotatable bonds is 4. The number of aromatic nitrogens is 4. The molecule has 2 atom stereocenters. The highest BCUT2D eigenvalue weighted by molar-refractivity contribution is 6.31. The molecular weight excluding hydrogens is 435 g/mol. The van der Waals surface area contributed by atoms with E-state index in [0.29, 0.717) is 21.7 Å². The summed E-state index contributed by atoms with van der Waals surface area (Å²) in [6, 6.07) is 3.26. The van der Waals surface area contributed by atoms with Crippen molar-refractivity contribution in [1.29, 1.82) is 5.26 Å². The third-order valence-corrected chi connectivity index (χ3v) is 7.11. The number of nitriles is 1. The normalized spacial score (nSPS) is 24.4. The van der Waals surface area contributed by atoms with Gasteiger partial charge in [0.1, 0.15) is 11.8 Å². The van der Waals surface area contributed by atoms with Crippen LogP contribution in [0, 0.1) is 41.8 Å². The summed E-state index contributed by atoms with van der Waals surface area (Å²) in [5.41, 5.74) is 1.21. The molecule has 0 saturated heterocycles. The van der Waals surface area contributed by atoms with E-state index >= 15 is 4.39 Å². The molecule has 0 spiro atoms. The van der Waals surface area contributed by atoms with Gasteiger partial charge in [0.15, 0.2) is 17.3 Å². The van der Waals surface area contributed by atoms with E-state index in [1.807, 2.05) is 6.07 Å². The fourth-order valence-electron chi connectivity index (χ4n) is 5.32. The zero-order valence-electron chi connectivity index (χ0n) is 17.2. The van der Waals surface area contributed by atoms with Crippen molar-refractivity contribution in [2.24, 2.45) is 17.8 Å². The minimum Gasteiger partial charge on any atom is -0.481 e. The largest absolute Gasteiger partial charge is 0.481 e. The van der Waals surface area contributed by atoms with Crippen LogP contribution in [0.3, 0.4) is 0 Å². The van der Waals surface area contributed by atoms with Gasteiger partial charge < -0.3 is 10.4 Å². The number of nitrogens with zero attached hydrogens (tertiary/aromatic N) is 4. The van der Waals surface area contributed by atoms with E-state index in [2.05, 4.69) is 25.5 Å². The zero-order valence-corrected chi connectivity index (χ0v) is 17.9. The van der Waals surface area contributed by atoms with Crippen LogP contribution in [0.1, 0.15) is 36.8 Å². The first kappa shape index (κ1) is 20.6. The Bertz CT molecular complexity index is 1280. The molecule has 10 heteroatoms. The number of nitrogens with one attached hydrogen (secondary N) is 2. The Hall–Kier alpha value is -3.25. The van der Waals surface area contributed by atoms with E-state index in [1.54, 1.807) is 6.07 Å². The monoisotopic (exact) mass is 454 g/mol. The molecule has 32 heavy (non-hydrogen) atoms. The van der Waals surface area contributed by atoms with Gasteiger partial charge in [0.25, 0.3) is 0 Å². The molecule has 3 aliphatic carbocycles. The highest BCUT2D eigenvalue weighted by Crippen LogP contribution is 2.46. The van der Waals surface area contributed by atoms with Crippen molar-refractivity contribution in [2.45, 2.75) is 38.6 Å². The Labute approximate surface area is 187 Å². The quantitative estimate of drug-likeness (QED) is 0.536. The molecule has 3 heterocycles. The molecule has 0 aliphatic heterocycles. The predicted octanol–water partition coefficient (Wildman–Crippen LogP) is 4.29. The topological polar surface area (TPSA) is 128 Å². The van der Waals surface area contributed by atoms with Crippen LogP contribution >= 0.6 is 11.6 Å². The fourth-order valence-corrected chi connectivity index (χ4v) is 5.48. The molecule has 2 unspecified atom stereocenters. The average molecular weight is 455 g/mol. The average Bonchev–Trinajstić information content (AvgIpc) is 3.20. The summed E-state index contributed by atoms with van der Waals surface area (Å²) in [5.74, 6) is -1.98. The summed E-state index contributed by atoms with van der Waals surface area (Å²) in [6.45, 7) is 1.51. The summed E-state index contributed by atoms with van der Waals surface area (Å²) in [4.78, 5) is 20.6. The standard InChI is InChI=1S/C22H20ClFN6O2/c1-9-14(7-25)18(19-13-6-12(23)8-26-20(13)30-29-19)28-21(16(9)24)27-17-11-4-2-10(3-5-11)15(17)22(31)32/h6,8,10-11,15,17H,2-5H2,1H3,(H,27,28)(H,31,32)(H,26,29,30). The molecule has 0 radical (unpaired) electrons. The van der Waals surface area contributed by atoms with Gasteiger partial charge in [-0.2, -0.15) is 10.4 Å². The van der Waals surface area contributed by atoms with Crippen molar-refractivity contribution in [3.63, 3.8) is 0 Å². The van der Waals surface area contributed by atoms with Crippen molar-refractivity contribution in [3.8, 4) is 17.5 Å². The number of H-pyrrole nitrogens is 1. The second kappa shape index (κ2) is 7.71. The number of carboxylic acid groups (broad SMARTS) is 1. The number of aromatic amines is 1. The van der Waals surface area contributed by atoms with Crippen LogP contribution < -0.4 is 5.32 Å². The van der Waals surface area contributed by atoms with E-state index in [9.17, 15) is 15.2 Å². The Morgan fingerprint density at radius 1 is 1.34 bits per heavy atom. The number of aliphatic carboxylic acids is 1. The number of pyridine rings is 2. The molecule has 3 N–H and O–H groups in total. The lowest BCUT2D eigenvalue weighted by molar-refractivity contribution is -0.148. The van der Waals surface area contributed by atoms with Crippen LogP contribution in [0.2, 0.25) is 5.02 Å². The van der Waals surface area contributed by atoms with Gasteiger partial charge in [-0.05, 0) is 50.5 Å². The Morgan fingerprint density at radius 2 is 2.06 bits per heavy atom. The highest BCUT2D eigenvalue weighted by atomic mass is 35.5. The van der Waals surface area contributed by atoms with E-state index in [1.165, 1.54) is 13.1 Å². The van der Waals surface area contributed by atoms with Crippen molar-refractivity contribution in [2.75, 3.05) is 5.32 Å². The smallest absolute Gasteiger partial charge is 0.308 e. The van der Waals surface area contributed by atoms with Crippen molar-refractivity contribution in [1.82, 2.24) is 20.2 Å². The molecule has 6 rings (SSSR count).